The van der Waals surface area contributed by atoms with E-state index in [1.807, 2.05) is 42.7 Å². The lowest BCUT2D eigenvalue weighted by Gasteiger charge is -2.14. The predicted octanol–water partition coefficient (Wildman–Crippen LogP) is 2.14. The van der Waals surface area contributed by atoms with Gasteiger partial charge in [0.25, 0.3) is 5.91 Å². The van der Waals surface area contributed by atoms with Crippen LogP contribution >= 0.6 is 0 Å². The van der Waals surface area contributed by atoms with Crippen molar-refractivity contribution in [2.24, 2.45) is 0 Å². The molecule has 0 saturated carbocycles. The van der Waals surface area contributed by atoms with Crippen molar-refractivity contribution in [3.8, 4) is 5.82 Å². The van der Waals surface area contributed by atoms with Gasteiger partial charge in [0.05, 0.1) is 5.56 Å². The summed E-state index contributed by atoms with van der Waals surface area (Å²) < 4.78 is 2.01. The van der Waals surface area contributed by atoms with Crippen LogP contribution in [0, 0.1) is 13.8 Å². The Morgan fingerprint density at radius 2 is 2.26 bits per heavy atom. The van der Waals surface area contributed by atoms with E-state index in [9.17, 15) is 4.79 Å². The van der Waals surface area contributed by atoms with Gasteiger partial charge < -0.3 is 15.2 Å². The van der Waals surface area contributed by atoms with Crippen molar-refractivity contribution in [3.05, 3.63) is 59.1 Å². The van der Waals surface area contributed by atoms with Gasteiger partial charge in [-0.3, -0.25) is 4.79 Å². The summed E-state index contributed by atoms with van der Waals surface area (Å²) in [6.07, 6.45) is 4.91. The molecule has 2 N–H and O–H groups in total. The summed E-state index contributed by atoms with van der Waals surface area (Å²) in [5.74, 6) is 0.808. The van der Waals surface area contributed by atoms with Crippen LogP contribution in [-0.4, -0.2) is 35.1 Å². The number of aryl methyl sites for hydroxylation is 1. The lowest BCUT2D eigenvalue weighted by Crippen LogP contribution is -2.29. The highest BCUT2D eigenvalue weighted by Crippen LogP contribution is 2.19. The quantitative estimate of drug-likeness (QED) is 0.851. The third kappa shape index (κ3) is 3.35. The Kier molecular flexibility index (Phi) is 4.57. The molecule has 2 aromatic rings. The summed E-state index contributed by atoms with van der Waals surface area (Å²) in [6.45, 7) is 6.44. The second kappa shape index (κ2) is 6.79. The molecule has 0 radical (unpaired) electrons. The fourth-order valence-electron chi connectivity index (χ4n) is 2.95. The van der Waals surface area contributed by atoms with E-state index < -0.39 is 0 Å². The molecule has 0 saturated heterocycles. The molecule has 3 heterocycles. The molecule has 0 bridgehead atoms. The Labute approximate surface area is 136 Å². The zero-order valence-corrected chi connectivity index (χ0v) is 13.6. The Bertz CT molecular complexity index is 731. The first-order valence-corrected chi connectivity index (χ1v) is 7.94. The number of pyridine rings is 1. The van der Waals surface area contributed by atoms with Gasteiger partial charge in [0, 0.05) is 30.7 Å². The summed E-state index contributed by atoms with van der Waals surface area (Å²) in [7, 11) is 0. The highest BCUT2D eigenvalue weighted by molar-refractivity contribution is 5.96. The van der Waals surface area contributed by atoms with E-state index in [1.165, 1.54) is 5.57 Å². The maximum Gasteiger partial charge on any atom is 0.253 e. The molecule has 0 spiro atoms. The topological polar surface area (TPSA) is 59.0 Å². The molecule has 5 nitrogen and oxygen atoms in total. The second-order valence-corrected chi connectivity index (χ2v) is 5.81. The number of carbonyl (C=O) groups is 1. The van der Waals surface area contributed by atoms with Gasteiger partial charge >= 0.3 is 0 Å². The van der Waals surface area contributed by atoms with Crippen LogP contribution in [0.1, 0.15) is 28.2 Å². The molecule has 0 aromatic carbocycles. The van der Waals surface area contributed by atoms with Gasteiger partial charge in [-0.15, -0.1) is 0 Å². The number of nitrogens with one attached hydrogen (secondary N) is 2. The average molecular weight is 310 g/mol. The standard InChI is InChI=1S/C18H22N4O/c1-13-11-16(14(2)22(13)17-5-3-4-8-20-17)18(23)21-12-15-6-9-19-10-7-15/h3-6,8,11,19H,7,9-10,12H2,1-2H3,(H,21,23). The number of nitrogens with zero attached hydrogens (tertiary/aromatic N) is 2. The normalized spacial score (nSPS) is 14.4. The van der Waals surface area contributed by atoms with Gasteiger partial charge in [-0.1, -0.05) is 17.7 Å². The molecule has 1 amide bonds. The Morgan fingerprint density at radius 3 is 2.96 bits per heavy atom. The third-order valence-electron chi connectivity index (χ3n) is 4.19. The van der Waals surface area contributed by atoms with Crippen molar-refractivity contribution in [3.63, 3.8) is 0 Å². The molecule has 0 atom stereocenters. The number of hydrogen-bond donors (Lipinski definition) is 2. The monoisotopic (exact) mass is 310 g/mol. The molecule has 0 aliphatic carbocycles. The molecule has 0 fully saturated rings. The van der Waals surface area contributed by atoms with Gasteiger partial charge in [-0.25, -0.2) is 4.98 Å². The SMILES string of the molecule is Cc1cc(C(=O)NCC2=CCNCC2)c(C)n1-c1ccccn1. The van der Waals surface area contributed by atoms with E-state index in [2.05, 4.69) is 21.7 Å². The summed E-state index contributed by atoms with van der Waals surface area (Å²) >= 11 is 0. The first-order chi connectivity index (χ1) is 11.2. The average Bonchev–Trinajstić information content (AvgIpc) is 2.89. The third-order valence-corrected chi connectivity index (χ3v) is 4.19. The second-order valence-electron chi connectivity index (χ2n) is 5.81. The Balaban J connectivity index is 1.78. The van der Waals surface area contributed by atoms with E-state index in [1.54, 1.807) is 6.20 Å². The summed E-state index contributed by atoms with van der Waals surface area (Å²) in [4.78, 5) is 16.9. The number of aromatic nitrogens is 2. The van der Waals surface area contributed by atoms with E-state index in [0.717, 1.165) is 36.7 Å². The van der Waals surface area contributed by atoms with E-state index in [-0.39, 0.29) is 5.91 Å². The van der Waals surface area contributed by atoms with Crippen molar-refractivity contribution in [2.45, 2.75) is 20.3 Å². The van der Waals surface area contributed by atoms with Crippen LogP contribution in [0.2, 0.25) is 0 Å². The van der Waals surface area contributed by atoms with Gasteiger partial charge in [0.2, 0.25) is 0 Å². The molecule has 0 unspecified atom stereocenters. The fraction of sp³-hybridized carbons (Fsp3) is 0.333. The van der Waals surface area contributed by atoms with E-state index >= 15 is 0 Å². The summed E-state index contributed by atoms with van der Waals surface area (Å²) in [5, 5.41) is 6.31. The molecule has 1 aliphatic heterocycles. The highest BCUT2D eigenvalue weighted by atomic mass is 16.1. The van der Waals surface area contributed by atoms with E-state index in [4.69, 9.17) is 0 Å². The van der Waals surface area contributed by atoms with Crippen molar-refractivity contribution >= 4 is 5.91 Å². The van der Waals surface area contributed by atoms with Crippen LogP contribution < -0.4 is 10.6 Å². The van der Waals surface area contributed by atoms with Gasteiger partial charge in [-0.05, 0) is 45.0 Å². The van der Waals surface area contributed by atoms with Crippen molar-refractivity contribution in [2.75, 3.05) is 19.6 Å². The summed E-state index contributed by atoms with van der Waals surface area (Å²) in [5.41, 5.74) is 3.92. The lowest BCUT2D eigenvalue weighted by molar-refractivity contribution is 0.0956. The number of amides is 1. The number of carbonyl (C=O) groups excluding carboxylic acids is 1. The van der Waals surface area contributed by atoms with Crippen molar-refractivity contribution < 1.29 is 4.79 Å². The number of hydrogen-bond acceptors (Lipinski definition) is 3. The van der Waals surface area contributed by atoms with Crippen LogP contribution in [0.4, 0.5) is 0 Å². The smallest absolute Gasteiger partial charge is 0.253 e. The summed E-state index contributed by atoms with van der Waals surface area (Å²) in [6, 6.07) is 7.71. The Hall–Kier alpha value is -2.40. The maximum absolute atomic E-state index is 12.5. The zero-order valence-electron chi connectivity index (χ0n) is 13.6. The first-order valence-electron chi connectivity index (χ1n) is 7.94. The minimum atomic E-state index is -0.0280. The zero-order chi connectivity index (χ0) is 16.2. The van der Waals surface area contributed by atoms with Crippen molar-refractivity contribution in [1.29, 1.82) is 0 Å². The largest absolute Gasteiger partial charge is 0.348 e. The fourth-order valence-corrected chi connectivity index (χ4v) is 2.95. The molecule has 120 valence electrons. The van der Waals surface area contributed by atoms with Crippen LogP contribution in [0.15, 0.2) is 42.1 Å². The molecular weight excluding hydrogens is 288 g/mol. The molecule has 23 heavy (non-hydrogen) atoms. The van der Waals surface area contributed by atoms with E-state index in [0.29, 0.717) is 12.1 Å². The maximum atomic E-state index is 12.5. The predicted molar refractivity (Wildman–Crippen MR) is 90.9 cm³/mol. The molecule has 5 heteroatoms. The molecule has 1 aliphatic rings. The minimum Gasteiger partial charge on any atom is -0.348 e. The van der Waals surface area contributed by atoms with Crippen LogP contribution in [0.25, 0.3) is 5.82 Å². The van der Waals surface area contributed by atoms with Crippen molar-refractivity contribution in [1.82, 2.24) is 20.2 Å². The Morgan fingerprint density at radius 1 is 1.39 bits per heavy atom. The van der Waals surface area contributed by atoms with Crippen LogP contribution in [0.5, 0.6) is 0 Å². The molecular formula is C18H22N4O. The highest BCUT2D eigenvalue weighted by Gasteiger charge is 2.17. The van der Waals surface area contributed by atoms with Gasteiger partial charge in [-0.2, -0.15) is 0 Å². The number of rotatable bonds is 4. The van der Waals surface area contributed by atoms with Gasteiger partial charge in [0.1, 0.15) is 5.82 Å². The lowest BCUT2D eigenvalue weighted by atomic mass is 10.1. The molecule has 2 aromatic heterocycles. The first kappa shape index (κ1) is 15.5. The van der Waals surface area contributed by atoms with Crippen LogP contribution in [0.3, 0.4) is 0 Å². The van der Waals surface area contributed by atoms with Gasteiger partial charge in [0.15, 0.2) is 0 Å². The minimum absolute atomic E-state index is 0.0280. The molecule has 3 rings (SSSR count). The van der Waals surface area contributed by atoms with Crippen LogP contribution in [-0.2, 0) is 0 Å².